The number of amides is 1. The van der Waals surface area contributed by atoms with Crippen molar-refractivity contribution in [1.29, 1.82) is 0 Å². The molecule has 6 aromatic rings. The molecule has 0 aliphatic rings. The fourth-order valence-corrected chi connectivity index (χ4v) is 4.55. The average molecular weight is 452 g/mol. The first-order valence-electron chi connectivity index (χ1n) is 10.4. The molecule has 0 unspecified atom stereocenters. The van der Waals surface area contributed by atoms with Gasteiger partial charge in [-0.15, -0.1) is 21.5 Å². The number of aromatic nitrogens is 2. The number of benzene rings is 3. The van der Waals surface area contributed by atoms with Crippen LogP contribution in [-0.4, -0.2) is 16.1 Å². The molecule has 0 saturated heterocycles. The largest absolute Gasteiger partial charge is 0.451 e. The third-order valence-corrected chi connectivity index (χ3v) is 6.42. The van der Waals surface area contributed by atoms with Crippen molar-refractivity contribution in [2.24, 2.45) is 0 Å². The second-order valence-corrected chi connectivity index (χ2v) is 8.95. The SMILES string of the molecule is Cc1ccc(C(=O)Nc2ccc(-c3nnc(-c4cc5c(ccc6ccccc65)o4)o3)cc2)s1. The highest BCUT2D eigenvalue weighted by Crippen LogP contribution is 2.33. The van der Waals surface area contributed by atoms with Crippen LogP contribution < -0.4 is 5.32 Å². The zero-order valence-electron chi connectivity index (χ0n) is 17.5. The van der Waals surface area contributed by atoms with Crippen molar-refractivity contribution in [2.45, 2.75) is 6.92 Å². The summed E-state index contributed by atoms with van der Waals surface area (Å²) in [5.41, 5.74) is 2.21. The maximum absolute atomic E-state index is 12.3. The van der Waals surface area contributed by atoms with Crippen LogP contribution in [-0.2, 0) is 0 Å². The standard InChI is InChI=1S/C26H17N3O3S/c1-15-6-13-23(33-15)24(30)27-18-10-7-17(8-11-18)25-28-29-26(32-25)22-14-20-19-5-3-2-4-16(19)9-12-21(20)31-22/h2-14H,1H3,(H,27,30). The Bertz CT molecular complexity index is 1630. The Morgan fingerprint density at radius 2 is 1.67 bits per heavy atom. The van der Waals surface area contributed by atoms with E-state index >= 15 is 0 Å². The zero-order valence-corrected chi connectivity index (χ0v) is 18.3. The zero-order chi connectivity index (χ0) is 22.4. The van der Waals surface area contributed by atoms with Crippen LogP contribution in [0.3, 0.4) is 0 Å². The second-order valence-electron chi connectivity index (χ2n) is 7.66. The fraction of sp³-hybridized carbons (Fsp3) is 0.0385. The minimum Gasteiger partial charge on any atom is -0.451 e. The number of nitrogens with zero attached hydrogens (tertiary/aromatic N) is 2. The van der Waals surface area contributed by atoms with Gasteiger partial charge in [-0.2, -0.15) is 0 Å². The summed E-state index contributed by atoms with van der Waals surface area (Å²) in [6.45, 7) is 1.97. The van der Waals surface area contributed by atoms with E-state index in [1.807, 2.05) is 73.7 Å². The Morgan fingerprint density at radius 3 is 2.48 bits per heavy atom. The molecule has 0 aliphatic carbocycles. The Morgan fingerprint density at radius 1 is 0.848 bits per heavy atom. The molecule has 33 heavy (non-hydrogen) atoms. The lowest BCUT2D eigenvalue weighted by Gasteiger charge is -2.04. The predicted octanol–water partition coefficient (Wildman–Crippen LogP) is 6.93. The molecule has 0 saturated carbocycles. The van der Waals surface area contributed by atoms with Crippen LogP contribution in [0.25, 0.3) is 44.8 Å². The van der Waals surface area contributed by atoms with E-state index in [0.29, 0.717) is 28.1 Å². The number of rotatable bonds is 4. The molecule has 1 amide bonds. The second kappa shape index (κ2) is 7.72. The van der Waals surface area contributed by atoms with Gasteiger partial charge in [0.1, 0.15) is 5.58 Å². The summed E-state index contributed by atoms with van der Waals surface area (Å²) >= 11 is 1.46. The lowest BCUT2D eigenvalue weighted by molar-refractivity contribution is 0.103. The van der Waals surface area contributed by atoms with Crippen molar-refractivity contribution in [3.8, 4) is 23.1 Å². The van der Waals surface area contributed by atoms with Gasteiger partial charge in [0.15, 0.2) is 5.76 Å². The van der Waals surface area contributed by atoms with E-state index in [9.17, 15) is 4.79 Å². The molecule has 7 heteroatoms. The van der Waals surface area contributed by atoms with E-state index in [1.165, 1.54) is 11.3 Å². The van der Waals surface area contributed by atoms with E-state index in [2.05, 4.69) is 27.6 Å². The highest BCUT2D eigenvalue weighted by atomic mass is 32.1. The van der Waals surface area contributed by atoms with Gasteiger partial charge in [0, 0.05) is 21.5 Å². The van der Waals surface area contributed by atoms with E-state index in [-0.39, 0.29) is 5.91 Å². The van der Waals surface area contributed by atoms with E-state index in [1.54, 1.807) is 0 Å². The highest BCUT2D eigenvalue weighted by molar-refractivity contribution is 7.14. The lowest BCUT2D eigenvalue weighted by atomic mass is 10.1. The Balaban J connectivity index is 1.25. The topological polar surface area (TPSA) is 81.2 Å². The summed E-state index contributed by atoms with van der Waals surface area (Å²) in [6.07, 6.45) is 0. The number of anilines is 1. The van der Waals surface area contributed by atoms with Crippen LogP contribution in [0.15, 0.2) is 87.7 Å². The van der Waals surface area contributed by atoms with Crippen molar-refractivity contribution < 1.29 is 13.6 Å². The van der Waals surface area contributed by atoms with Crippen LogP contribution >= 0.6 is 11.3 Å². The van der Waals surface area contributed by atoms with Crippen LogP contribution in [0.5, 0.6) is 0 Å². The van der Waals surface area contributed by atoms with Crippen LogP contribution in [0.2, 0.25) is 0 Å². The van der Waals surface area contributed by atoms with Gasteiger partial charge < -0.3 is 14.2 Å². The van der Waals surface area contributed by atoms with Crippen LogP contribution in [0.1, 0.15) is 14.5 Å². The smallest absolute Gasteiger partial charge is 0.283 e. The van der Waals surface area contributed by atoms with Crippen LogP contribution in [0, 0.1) is 6.92 Å². The summed E-state index contributed by atoms with van der Waals surface area (Å²) in [5.74, 6) is 1.09. The third kappa shape index (κ3) is 3.58. The van der Waals surface area contributed by atoms with Gasteiger partial charge in [-0.3, -0.25) is 4.79 Å². The molecule has 3 aromatic heterocycles. The number of thiophene rings is 1. The highest BCUT2D eigenvalue weighted by Gasteiger charge is 2.16. The number of carbonyl (C=O) groups excluding carboxylic acids is 1. The molecule has 3 aromatic carbocycles. The minimum absolute atomic E-state index is 0.127. The van der Waals surface area contributed by atoms with E-state index in [0.717, 1.165) is 32.2 Å². The third-order valence-electron chi connectivity index (χ3n) is 5.42. The summed E-state index contributed by atoms with van der Waals surface area (Å²) in [6, 6.07) is 25.1. The van der Waals surface area contributed by atoms with Gasteiger partial charge in [-0.05, 0) is 66.2 Å². The predicted molar refractivity (Wildman–Crippen MR) is 129 cm³/mol. The number of furan rings is 1. The molecular weight excluding hydrogens is 434 g/mol. The number of aryl methyl sites for hydroxylation is 1. The van der Waals surface area contributed by atoms with E-state index in [4.69, 9.17) is 8.83 Å². The maximum atomic E-state index is 12.3. The molecule has 0 spiro atoms. The molecule has 6 rings (SSSR count). The molecule has 6 nitrogen and oxygen atoms in total. The first-order chi connectivity index (χ1) is 16.1. The Kier molecular flexibility index (Phi) is 4.55. The number of fused-ring (bicyclic) bond motifs is 3. The van der Waals surface area contributed by atoms with E-state index < -0.39 is 0 Å². The quantitative estimate of drug-likeness (QED) is 0.314. The van der Waals surface area contributed by atoms with Gasteiger partial charge in [0.05, 0.1) is 4.88 Å². The number of carbonyl (C=O) groups is 1. The van der Waals surface area contributed by atoms with Gasteiger partial charge in [-0.25, -0.2) is 0 Å². The lowest BCUT2D eigenvalue weighted by Crippen LogP contribution is -2.09. The number of hydrogen-bond donors (Lipinski definition) is 1. The molecule has 0 bridgehead atoms. The fourth-order valence-electron chi connectivity index (χ4n) is 3.78. The summed E-state index contributed by atoms with van der Waals surface area (Å²) in [5, 5.41) is 14.5. The molecule has 0 atom stereocenters. The average Bonchev–Trinajstić information content (AvgIpc) is 3.58. The molecule has 0 fully saturated rings. The molecular formula is C26H17N3O3S. The normalized spacial score (nSPS) is 11.3. The summed E-state index contributed by atoms with van der Waals surface area (Å²) < 4.78 is 11.9. The van der Waals surface area contributed by atoms with Gasteiger partial charge in [0.25, 0.3) is 11.8 Å². The van der Waals surface area contributed by atoms with Crippen molar-refractivity contribution >= 4 is 44.7 Å². The first-order valence-corrected chi connectivity index (χ1v) is 11.2. The van der Waals surface area contributed by atoms with Crippen molar-refractivity contribution in [1.82, 2.24) is 10.2 Å². The summed E-state index contributed by atoms with van der Waals surface area (Å²) in [7, 11) is 0. The first kappa shape index (κ1) is 19.5. The molecule has 160 valence electrons. The van der Waals surface area contributed by atoms with Crippen molar-refractivity contribution in [3.63, 3.8) is 0 Å². The van der Waals surface area contributed by atoms with Gasteiger partial charge >= 0.3 is 0 Å². The van der Waals surface area contributed by atoms with Crippen molar-refractivity contribution in [2.75, 3.05) is 5.32 Å². The Labute approximate surface area is 192 Å². The Hall–Kier alpha value is -4.23. The summed E-state index contributed by atoms with van der Waals surface area (Å²) in [4.78, 5) is 14.1. The number of nitrogens with one attached hydrogen (secondary N) is 1. The number of hydrogen-bond acceptors (Lipinski definition) is 6. The molecule has 1 N–H and O–H groups in total. The van der Waals surface area contributed by atoms with Crippen molar-refractivity contribution in [3.05, 3.63) is 88.6 Å². The minimum atomic E-state index is -0.127. The molecule has 3 heterocycles. The molecule has 0 radical (unpaired) electrons. The van der Waals surface area contributed by atoms with Crippen LogP contribution in [0.4, 0.5) is 5.69 Å². The van der Waals surface area contributed by atoms with Gasteiger partial charge in [-0.1, -0.05) is 30.3 Å². The monoisotopic (exact) mass is 451 g/mol. The van der Waals surface area contributed by atoms with Gasteiger partial charge in [0.2, 0.25) is 5.89 Å². The maximum Gasteiger partial charge on any atom is 0.283 e. The molecule has 0 aliphatic heterocycles.